The maximum atomic E-state index is 11.2. The molecule has 0 aromatic heterocycles. The van der Waals surface area contributed by atoms with Gasteiger partial charge in [0.25, 0.3) is 0 Å². The molecule has 0 saturated carbocycles. The number of aldehydes is 1. The lowest BCUT2D eigenvalue weighted by atomic mass is 9.84. The molecule has 0 amide bonds. The molecule has 0 unspecified atom stereocenters. The summed E-state index contributed by atoms with van der Waals surface area (Å²) in [5.74, 6) is 0.131. The quantitative estimate of drug-likeness (QED) is 0.828. The van der Waals surface area contributed by atoms with Crippen LogP contribution in [0.15, 0.2) is 12.1 Å². The molecular formula is C16H24N2O2. The normalized spacial score (nSPS) is 17.1. The van der Waals surface area contributed by atoms with E-state index < -0.39 is 0 Å². The van der Waals surface area contributed by atoms with Gasteiger partial charge in [0.15, 0.2) is 6.29 Å². The number of carbonyl (C=O) groups excluding carboxylic acids is 1. The molecule has 0 bridgehead atoms. The monoisotopic (exact) mass is 276 g/mol. The first-order valence-corrected chi connectivity index (χ1v) is 7.16. The third-order valence-electron chi connectivity index (χ3n) is 3.81. The van der Waals surface area contributed by atoms with E-state index in [1.807, 2.05) is 6.07 Å². The fourth-order valence-corrected chi connectivity index (χ4v) is 2.47. The van der Waals surface area contributed by atoms with Crippen molar-refractivity contribution in [2.75, 3.05) is 26.2 Å². The van der Waals surface area contributed by atoms with Crippen LogP contribution in [0.5, 0.6) is 5.75 Å². The standard InChI is InChI=1S/C16H24N2O2/c1-16(2,3)14-8-12(15(20)13(9-14)11-19)10-18-6-4-17-5-7-18/h8-9,11,17,20H,4-7,10H2,1-3H3. The highest BCUT2D eigenvalue weighted by Crippen LogP contribution is 2.31. The lowest BCUT2D eigenvalue weighted by Gasteiger charge is -2.28. The molecule has 1 aliphatic heterocycles. The van der Waals surface area contributed by atoms with Crippen LogP contribution in [0.3, 0.4) is 0 Å². The third-order valence-corrected chi connectivity index (χ3v) is 3.81. The largest absolute Gasteiger partial charge is 0.507 e. The Bertz CT molecular complexity index is 486. The number of aromatic hydroxyl groups is 1. The van der Waals surface area contributed by atoms with Gasteiger partial charge in [-0.25, -0.2) is 0 Å². The molecule has 0 spiro atoms. The SMILES string of the molecule is CC(C)(C)c1cc(C=O)c(O)c(CN2CCNCC2)c1. The molecule has 1 heterocycles. The van der Waals surface area contributed by atoms with Crippen molar-refractivity contribution < 1.29 is 9.90 Å². The smallest absolute Gasteiger partial charge is 0.153 e. The average molecular weight is 276 g/mol. The molecule has 4 nitrogen and oxygen atoms in total. The zero-order valence-electron chi connectivity index (χ0n) is 12.6. The maximum absolute atomic E-state index is 11.2. The number of benzene rings is 1. The van der Waals surface area contributed by atoms with Gasteiger partial charge in [0.05, 0.1) is 5.56 Å². The molecule has 1 aromatic rings. The Hall–Kier alpha value is -1.39. The van der Waals surface area contributed by atoms with Gasteiger partial charge in [-0.15, -0.1) is 0 Å². The summed E-state index contributed by atoms with van der Waals surface area (Å²) in [5, 5.41) is 13.5. The third kappa shape index (κ3) is 3.38. The van der Waals surface area contributed by atoms with Crippen molar-refractivity contribution in [3.8, 4) is 5.75 Å². The first-order valence-electron chi connectivity index (χ1n) is 7.16. The molecule has 20 heavy (non-hydrogen) atoms. The Labute approximate surface area is 120 Å². The minimum absolute atomic E-state index is 0.0380. The van der Waals surface area contributed by atoms with Gasteiger partial charge in [-0.2, -0.15) is 0 Å². The van der Waals surface area contributed by atoms with Gasteiger partial charge in [0.1, 0.15) is 5.75 Å². The van der Waals surface area contributed by atoms with Crippen molar-refractivity contribution in [1.29, 1.82) is 0 Å². The minimum Gasteiger partial charge on any atom is -0.507 e. The second-order valence-corrected chi connectivity index (χ2v) is 6.47. The molecule has 1 aliphatic rings. The van der Waals surface area contributed by atoms with E-state index in [9.17, 15) is 9.90 Å². The molecule has 1 saturated heterocycles. The topological polar surface area (TPSA) is 52.6 Å². The summed E-state index contributed by atoms with van der Waals surface area (Å²) in [7, 11) is 0. The Balaban J connectivity index is 2.32. The van der Waals surface area contributed by atoms with Crippen LogP contribution < -0.4 is 5.32 Å². The highest BCUT2D eigenvalue weighted by atomic mass is 16.3. The summed E-state index contributed by atoms with van der Waals surface area (Å²) in [5.41, 5.74) is 2.29. The van der Waals surface area contributed by atoms with Gasteiger partial charge < -0.3 is 10.4 Å². The van der Waals surface area contributed by atoms with Crippen LogP contribution in [0.4, 0.5) is 0 Å². The molecule has 1 aromatic carbocycles. The second-order valence-electron chi connectivity index (χ2n) is 6.47. The van der Waals surface area contributed by atoms with E-state index in [4.69, 9.17) is 0 Å². The highest BCUT2D eigenvalue weighted by Gasteiger charge is 2.20. The molecule has 0 aliphatic carbocycles. The van der Waals surface area contributed by atoms with E-state index in [1.54, 1.807) is 6.07 Å². The van der Waals surface area contributed by atoms with E-state index in [0.29, 0.717) is 12.1 Å². The number of rotatable bonds is 3. The van der Waals surface area contributed by atoms with Crippen molar-refractivity contribution in [3.05, 3.63) is 28.8 Å². The summed E-state index contributed by atoms with van der Waals surface area (Å²) in [6.45, 7) is 10.9. The Morgan fingerprint density at radius 2 is 1.95 bits per heavy atom. The summed E-state index contributed by atoms with van der Waals surface area (Å²) in [6, 6.07) is 3.83. The number of carbonyl (C=O) groups is 1. The van der Waals surface area contributed by atoms with E-state index in [2.05, 4.69) is 31.0 Å². The Morgan fingerprint density at radius 1 is 1.30 bits per heavy atom. The number of nitrogens with zero attached hydrogens (tertiary/aromatic N) is 1. The predicted octanol–water partition coefficient (Wildman–Crippen LogP) is 1.91. The second kappa shape index (κ2) is 5.94. The van der Waals surface area contributed by atoms with E-state index in [-0.39, 0.29) is 11.2 Å². The van der Waals surface area contributed by atoms with Gasteiger partial charge in [0.2, 0.25) is 0 Å². The van der Waals surface area contributed by atoms with E-state index in [1.165, 1.54) is 0 Å². The molecule has 1 fully saturated rings. The van der Waals surface area contributed by atoms with Crippen LogP contribution >= 0.6 is 0 Å². The molecule has 2 rings (SSSR count). The fourth-order valence-electron chi connectivity index (χ4n) is 2.47. The molecule has 2 N–H and O–H groups in total. The zero-order valence-corrected chi connectivity index (χ0v) is 12.6. The van der Waals surface area contributed by atoms with Crippen molar-refractivity contribution in [3.63, 3.8) is 0 Å². The van der Waals surface area contributed by atoms with Crippen LogP contribution in [0.1, 0.15) is 42.3 Å². The number of hydrogen-bond donors (Lipinski definition) is 2. The van der Waals surface area contributed by atoms with Gasteiger partial charge in [-0.05, 0) is 17.0 Å². The summed E-state index contributed by atoms with van der Waals surface area (Å²) >= 11 is 0. The zero-order chi connectivity index (χ0) is 14.8. The van der Waals surface area contributed by atoms with Gasteiger partial charge in [0, 0.05) is 38.3 Å². The molecule has 0 radical (unpaired) electrons. The van der Waals surface area contributed by atoms with E-state index in [0.717, 1.165) is 43.6 Å². The fraction of sp³-hybridized carbons (Fsp3) is 0.562. The van der Waals surface area contributed by atoms with Gasteiger partial charge >= 0.3 is 0 Å². The van der Waals surface area contributed by atoms with Crippen LogP contribution in [0.2, 0.25) is 0 Å². The maximum Gasteiger partial charge on any atom is 0.153 e. The lowest BCUT2D eigenvalue weighted by molar-refractivity contribution is 0.112. The molecule has 110 valence electrons. The van der Waals surface area contributed by atoms with Crippen LogP contribution in [0, 0.1) is 0 Å². The molecular weight excluding hydrogens is 252 g/mol. The summed E-state index contributed by atoms with van der Waals surface area (Å²) < 4.78 is 0. The van der Waals surface area contributed by atoms with Crippen molar-refractivity contribution in [2.24, 2.45) is 0 Å². The molecule has 4 heteroatoms. The lowest BCUT2D eigenvalue weighted by Crippen LogP contribution is -2.42. The van der Waals surface area contributed by atoms with E-state index >= 15 is 0 Å². The number of hydrogen-bond acceptors (Lipinski definition) is 4. The summed E-state index contributed by atoms with van der Waals surface area (Å²) in [4.78, 5) is 13.5. The van der Waals surface area contributed by atoms with Crippen LogP contribution in [-0.2, 0) is 12.0 Å². The Kier molecular flexibility index (Phi) is 4.45. The minimum atomic E-state index is -0.0380. The number of phenolic OH excluding ortho intramolecular Hbond substituents is 1. The first kappa shape index (κ1) is 15.0. The Morgan fingerprint density at radius 3 is 2.50 bits per heavy atom. The number of phenols is 1. The number of piperazine rings is 1. The summed E-state index contributed by atoms with van der Waals surface area (Å²) in [6.07, 6.45) is 0.742. The average Bonchev–Trinajstić information content (AvgIpc) is 2.41. The molecule has 0 atom stereocenters. The van der Waals surface area contributed by atoms with Gasteiger partial charge in [-0.3, -0.25) is 9.69 Å². The highest BCUT2D eigenvalue weighted by molar-refractivity contribution is 5.80. The first-order chi connectivity index (χ1) is 9.41. The predicted molar refractivity (Wildman–Crippen MR) is 80.3 cm³/mol. The van der Waals surface area contributed by atoms with Crippen molar-refractivity contribution in [2.45, 2.75) is 32.7 Å². The van der Waals surface area contributed by atoms with Crippen molar-refractivity contribution >= 4 is 6.29 Å². The van der Waals surface area contributed by atoms with Crippen LogP contribution in [-0.4, -0.2) is 42.5 Å². The van der Waals surface area contributed by atoms with Crippen LogP contribution in [0.25, 0.3) is 0 Å². The van der Waals surface area contributed by atoms with Gasteiger partial charge in [-0.1, -0.05) is 26.8 Å². The number of nitrogens with one attached hydrogen (secondary N) is 1. The van der Waals surface area contributed by atoms with Crippen molar-refractivity contribution in [1.82, 2.24) is 10.2 Å².